The van der Waals surface area contributed by atoms with Crippen LogP contribution in [0.15, 0.2) is 24.3 Å². The number of halogens is 1. The zero-order valence-corrected chi connectivity index (χ0v) is 13.7. The number of piperazine rings is 1. The minimum atomic E-state index is -3.36. The first-order chi connectivity index (χ1) is 9.44. The molecule has 0 aromatic heterocycles. The Morgan fingerprint density at radius 2 is 2.14 bits per heavy atom. The molecule has 1 fully saturated rings. The number of benzene rings is 1. The summed E-state index contributed by atoms with van der Waals surface area (Å²) in [5.41, 5.74) is 1.14. The molecule has 2 unspecified atom stereocenters. The lowest BCUT2D eigenvalue weighted by Crippen LogP contribution is -2.57. The summed E-state index contributed by atoms with van der Waals surface area (Å²) in [6.45, 7) is 5.07. The number of nitriles is 1. The first-order valence-corrected chi connectivity index (χ1v) is 8.27. The fraction of sp³-hybridized carbons (Fsp3) is 0.500. The van der Waals surface area contributed by atoms with Crippen molar-refractivity contribution in [1.82, 2.24) is 9.62 Å². The first-order valence-electron chi connectivity index (χ1n) is 6.66. The van der Waals surface area contributed by atoms with E-state index >= 15 is 0 Å². The molecule has 1 aliphatic rings. The predicted octanol–water partition coefficient (Wildman–Crippen LogP) is 1.49. The summed E-state index contributed by atoms with van der Waals surface area (Å²) in [5.74, 6) is -0.0560. The van der Waals surface area contributed by atoms with Crippen molar-refractivity contribution in [3.63, 3.8) is 0 Å². The summed E-state index contributed by atoms with van der Waals surface area (Å²) in [4.78, 5) is 0. The molecule has 0 aliphatic carbocycles. The zero-order chi connectivity index (χ0) is 14.8. The first kappa shape index (κ1) is 17.9. The molecule has 1 aliphatic heterocycles. The Hall–Kier alpha value is -1.13. The third kappa shape index (κ3) is 4.17. The van der Waals surface area contributed by atoms with Crippen LogP contribution in [0.2, 0.25) is 0 Å². The van der Waals surface area contributed by atoms with Crippen molar-refractivity contribution in [3.05, 3.63) is 35.4 Å². The van der Waals surface area contributed by atoms with Gasteiger partial charge in [0.05, 0.1) is 17.4 Å². The number of rotatable bonds is 3. The van der Waals surface area contributed by atoms with Crippen molar-refractivity contribution in [2.24, 2.45) is 0 Å². The number of sulfonamides is 1. The maximum absolute atomic E-state index is 12.5. The molecule has 21 heavy (non-hydrogen) atoms. The second-order valence-corrected chi connectivity index (χ2v) is 7.08. The summed E-state index contributed by atoms with van der Waals surface area (Å²) < 4.78 is 26.6. The van der Waals surface area contributed by atoms with E-state index in [1.165, 1.54) is 0 Å². The van der Waals surface area contributed by atoms with Crippen LogP contribution in [-0.2, 0) is 15.8 Å². The van der Waals surface area contributed by atoms with Crippen LogP contribution in [0.5, 0.6) is 0 Å². The van der Waals surface area contributed by atoms with E-state index in [2.05, 4.69) is 5.32 Å². The molecule has 1 N–H and O–H groups in total. The smallest absolute Gasteiger partial charge is 0.218 e. The molecule has 1 saturated heterocycles. The molecule has 0 amide bonds. The third-order valence-electron chi connectivity index (χ3n) is 3.74. The SMILES string of the molecule is CC1NCCN(S(=O)(=O)Cc2cccc(C#N)c2)C1C.Cl. The van der Waals surface area contributed by atoms with Gasteiger partial charge in [-0.15, -0.1) is 12.4 Å². The minimum absolute atomic E-state index is 0. The highest BCUT2D eigenvalue weighted by Crippen LogP contribution is 2.18. The summed E-state index contributed by atoms with van der Waals surface area (Å²) in [6, 6.07) is 8.88. The molecule has 7 heteroatoms. The predicted molar refractivity (Wildman–Crippen MR) is 84.7 cm³/mol. The number of hydrogen-bond acceptors (Lipinski definition) is 4. The van der Waals surface area contributed by atoms with Crippen LogP contribution in [0.3, 0.4) is 0 Å². The summed E-state index contributed by atoms with van der Waals surface area (Å²) in [6.07, 6.45) is 0. The van der Waals surface area contributed by atoms with Crippen LogP contribution in [-0.4, -0.2) is 37.9 Å². The quantitative estimate of drug-likeness (QED) is 0.912. The van der Waals surface area contributed by atoms with E-state index in [0.29, 0.717) is 24.2 Å². The lowest BCUT2D eigenvalue weighted by atomic mass is 10.1. The van der Waals surface area contributed by atoms with Crippen LogP contribution in [0.25, 0.3) is 0 Å². The van der Waals surface area contributed by atoms with E-state index in [-0.39, 0.29) is 30.2 Å². The Kier molecular flexibility index (Phi) is 6.17. The fourth-order valence-corrected chi connectivity index (χ4v) is 4.27. The molecule has 2 atom stereocenters. The van der Waals surface area contributed by atoms with Crippen LogP contribution >= 0.6 is 12.4 Å². The highest BCUT2D eigenvalue weighted by molar-refractivity contribution is 7.88. The largest absolute Gasteiger partial charge is 0.311 e. The molecule has 1 heterocycles. The van der Waals surface area contributed by atoms with Crippen LogP contribution in [0.4, 0.5) is 0 Å². The molecule has 1 aromatic rings. The van der Waals surface area contributed by atoms with Gasteiger partial charge >= 0.3 is 0 Å². The van der Waals surface area contributed by atoms with E-state index in [4.69, 9.17) is 5.26 Å². The Morgan fingerprint density at radius 1 is 1.43 bits per heavy atom. The Morgan fingerprint density at radius 3 is 2.81 bits per heavy atom. The summed E-state index contributed by atoms with van der Waals surface area (Å²) in [5, 5.41) is 12.1. The molecule has 0 bridgehead atoms. The monoisotopic (exact) mass is 329 g/mol. The van der Waals surface area contributed by atoms with Gasteiger partial charge in [0, 0.05) is 25.2 Å². The zero-order valence-electron chi connectivity index (χ0n) is 12.1. The normalized spacial score (nSPS) is 23.1. The van der Waals surface area contributed by atoms with Gasteiger partial charge in [-0.1, -0.05) is 12.1 Å². The van der Waals surface area contributed by atoms with Crippen LogP contribution < -0.4 is 5.32 Å². The van der Waals surface area contributed by atoms with Gasteiger partial charge < -0.3 is 5.32 Å². The summed E-state index contributed by atoms with van der Waals surface area (Å²) >= 11 is 0. The molecule has 116 valence electrons. The molecule has 0 saturated carbocycles. The van der Waals surface area contributed by atoms with Crippen molar-refractivity contribution in [2.75, 3.05) is 13.1 Å². The Bertz CT molecular complexity index is 627. The van der Waals surface area contributed by atoms with E-state index in [0.717, 1.165) is 0 Å². The van der Waals surface area contributed by atoms with Gasteiger partial charge in [-0.05, 0) is 31.5 Å². The molecular weight excluding hydrogens is 310 g/mol. The van der Waals surface area contributed by atoms with Crippen molar-refractivity contribution in [3.8, 4) is 6.07 Å². The van der Waals surface area contributed by atoms with E-state index in [9.17, 15) is 8.42 Å². The highest BCUT2D eigenvalue weighted by Gasteiger charge is 2.33. The van der Waals surface area contributed by atoms with Gasteiger partial charge in [0.2, 0.25) is 10.0 Å². The Balaban J connectivity index is 0.00000220. The van der Waals surface area contributed by atoms with Gasteiger partial charge in [-0.2, -0.15) is 9.57 Å². The molecule has 1 aromatic carbocycles. The van der Waals surface area contributed by atoms with Gasteiger partial charge in [-0.3, -0.25) is 0 Å². The maximum atomic E-state index is 12.5. The molecular formula is C14H20ClN3O2S. The van der Waals surface area contributed by atoms with E-state index < -0.39 is 10.0 Å². The maximum Gasteiger partial charge on any atom is 0.218 e. The van der Waals surface area contributed by atoms with E-state index in [1.54, 1.807) is 28.6 Å². The second kappa shape index (κ2) is 7.23. The summed E-state index contributed by atoms with van der Waals surface area (Å²) in [7, 11) is -3.36. The van der Waals surface area contributed by atoms with Crippen LogP contribution in [0, 0.1) is 11.3 Å². The van der Waals surface area contributed by atoms with Gasteiger partial charge in [0.25, 0.3) is 0 Å². The van der Waals surface area contributed by atoms with Gasteiger partial charge in [-0.25, -0.2) is 8.42 Å². The highest BCUT2D eigenvalue weighted by atomic mass is 35.5. The number of nitrogens with one attached hydrogen (secondary N) is 1. The van der Waals surface area contributed by atoms with Gasteiger partial charge in [0.15, 0.2) is 0 Å². The molecule has 5 nitrogen and oxygen atoms in total. The van der Waals surface area contributed by atoms with Gasteiger partial charge in [0.1, 0.15) is 0 Å². The second-order valence-electron chi connectivity index (χ2n) is 5.16. The standard InChI is InChI=1S/C14H19N3O2S.ClH/c1-11-12(2)17(7-6-16-11)20(18,19)10-14-5-3-4-13(8-14)9-15;/h3-5,8,11-12,16H,6-7,10H2,1-2H3;1H. The number of hydrogen-bond donors (Lipinski definition) is 1. The molecule has 0 spiro atoms. The van der Waals surface area contributed by atoms with Crippen molar-refractivity contribution in [1.29, 1.82) is 5.26 Å². The minimum Gasteiger partial charge on any atom is -0.311 e. The molecule has 0 radical (unpaired) electrons. The topological polar surface area (TPSA) is 73.2 Å². The van der Waals surface area contributed by atoms with Crippen molar-refractivity contribution < 1.29 is 8.42 Å². The number of nitrogens with zero attached hydrogens (tertiary/aromatic N) is 2. The lowest BCUT2D eigenvalue weighted by molar-refractivity contribution is 0.232. The average Bonchev–Trinajstić information content (AvgIpc) is 2.41. The van der Waals surface area contributed by atoms with E-state index in [1.807, 2.05) is 19.9 Å². The van der Waals surface area contributed by atoms with Crippen LogP contribution in [0.1, 0.15) is 25.0 Å². The lowest BCUT2D eigenvalue weighted by Gasteiger charge is -2.37. The van der Waals surface area contributed by atoms with Crippen molar-refractivity contribution in [2.45, 2.75) is 31.7 Å². The fourth-order valence-electron chi connectivity index (χ4n) is 2.44. The average molecular weight is 330 g/mol. The van der Waals surface area contributed by atoms with Crippen molar-refractivity contribution >= 4 is 22.4 Å². The molecule has 2 rings (SSSR count). The Labute approximate surface area is 132 Å². The third-order valence-corrected chi connectivity index (χ3v) is 5.67.